The Balaban J connectivity index is 1.83. The van der Waals surface area contributed by atoms with Crippen LogP contribution in [0.4, 0.5) is 0 Å². The molecule has 1 amide bonds. The topological polar surface area (TPSA) is 64.0 Å². The van der Waals surface area contributed by atoms with E-state index in [1.54, 1.807) is 23.1 Å². The van der Waals surface area contributed by atoms with Gasteiger partial charge in [-0.25, -0.2) is 0 Å². The van der Waals surface area contributed by atoms with Gasteiger partial charge in [-0.15, -0.1) is 0 Å². The number of β-amino-alcohol motifs (C(OH)–C–C–N with tert-alkyl or cyclic N) is 1. The minimum atomic E-state index is -0.329. The predicted octanol–water partition coefficient (Wildman–Crippen LogP) is 3.16. The van der Waals surface area contributed by atoms with Crippen LogP contribution in [0.1, 0.15) is 23.6 Å². The summed E-state index contributed by atoms with van der Waals surface area (Å²) in [4.78, 5) is 17.1. The normalized spacial score (nSPS) is 18.0. The Morgan fingerprint density at radius 3 is 2.55 bits per heavy atom. The average Bonchev–Trinajstić information content (AvgIpc) is 3.13. The van der Waals surface area contributed by atoms with Crippen LogP contribution in [-0.4, -0.2) is 64.8 Å². The van der Waals surface area contributed by atoms with Crippen molar-refractivity contribution in [2.75, 3.05) is 32.8 Å². The first-order valence-corrected chi connectivity index (χ1v) is 10.5. The summed E-state index contributed by atoms with van der Waals surface area (Å²) in [5.74, 6) is -0.0916. The summed E-state index contributed by atoms with van der Waals surface area (Å²) < 4.78 is 0. The first kappa shape index (κ1) is 22.1. The van der Waals surface area contributed by atoms with Gasteiger partial charge in [-0.2, -0.15) is 0 Å². The van der Waals surface area contributed by atoms with Gasteiger partial charge in [0, 0.05) is 26.2 Å². The number of nitrogens with zero attached hydrogens (tertiary/aromatic N) is 2. The molecule has 0 aliphatic carbocycles. The zero-order chi connectivity index (χ0) is 20.8. The van der Waals surface area contributed by atoms with Crippen molar-refractivity contribution in [1.29, 1.82) is 0 Å². The fourth-order valence-corrected chi connectivity index (χ4v) is 4.09. The zero-order valence-corrected chi connectivity index (χ0v) is 17.7. The monoisotopic (exact) mass is 436 g/mol. The molecule has 7 heteroatoms. The second kappa shape index (κ2) is 10.4. The molecular formula is C22H26Cl2N2O3. The van der Waals surface area contributed by atoms with Gasteiger partial charge in [0.05, 0.1) is 35.2 Å². The molecule has 1 heterocycles. The van der Waals surface area contributed by atoms with Crippen molar-refractivity contribution < 1.29 is 15.0 Å². The largest absolute Gasteiger partial charge is 0.395 e. The standard InChI is InChI=1S/C22H26Cl2N2O3/c23-19-7-6-16(12-20(19)24)13-22(29)26(10-11-27)21(17-4-2-1-3-5-17)15-25-9-8-18(28)14-25/h1-7,12,18,21,27-28H,8-11,13-15H2/t18-,21+/m0/s1. The molecule has 0 saturated carbocycles. The second-order valence-electron chi connectivity index (χ2n) is 7.36. The number of amides is 1. The van der Waals surface area contributed by atoms with Crippen LogP contribution in [0.5, 0.6) is 0 Å². The van der Waals surface area contributed by atoms with Gasteiger partial charge < -0.3 is 15.1 Å². The van der Waals surface area contributed by atoms with Crippen molar-refractivity contribution in [2.24, 2.45) is 0 Å². The maximum atomic E-state index is 13.2. The fourth-order valence-electron chi connectivity index (χ4n) is 3.77. The predicted molar refractivity (Wildman–Crippen MR) is 115 cm³/mol. The number of aliphatic hydroxyl groups excluding tert-OH is 2. The van der Waals surface area contributed by atoms with Crippen LogP contribution in [0.15, 0.2) is 48.5 Å². The Kier molecular flexibility index (Phi) is 7.92. The van der Waals surface area contributed by atoms with E-state index in [2.05, 4.69) is 4.90 Å². The van der Waals surface area contributed by atoms with E-state index in [0.717, 1.165) is 24.1 Å². The Hall–Kier alpha value is -1.63. The van der Waals surface area contributed by atoms with E-state index in [4.69, 9.17) is 23.2 Å². The van der Waals surface area contributed by atoms with Crippen LogP contribution >= 0.6 is 23.2 Å². The van der Waals surface area contributed by atoms with Gasteiger partial charge in [0.15, 0.2) is 0 Å². The molecule has 1 aliphatic rings. The maximum Gasteiger partial charge on any atom is 0.227 e. The number of hydrogen-bond acceptors (Lipinski definition) is 4. The summed E-state index contributed by atoms with van der Waals surface area (Å²) in [5, 5.41) is 20.4. The second-order valence-corrected chi connectivity index (χ2v) is 8.18. The lowest BCUT2D eigenvalue weighted by Gasteiger charge is -2.34. The van der Waals surface area contributed by atoms with E-state index in [-0.39, 0.29) is 37.6 Å². The molecule has 5 nitrogen and oxygen atoms in total. The summed E-state index contributed by atoms with van der Waals surface area (Å²) in [6.07, 6.45) is 0.575. The van der Waals surface area contributed by atoms with Crippen molar-refractivity contribution >= 4 is 29.1 Å². The number of hydrogen-bond donors (Lipinski definition) is 2. The number of halogens is 2. The Morgan fingerprint density at radius 1 is 1.17 bits per heavy atom. The molecular weight excluding hydrogens is 411 g/mol. The SMILES string of the molecule is O=C(Cc1ccc(Cl)c(Cl)c1)N(CCO)[C@H](CN1CC[C@H](O)C1)c1ccccc1. The van der Waals surface area contributed by atoms with Gasteiger partial charge in [0.2, 0.25) is 5.91 Å². The molecule has 1 aliphatic heterocycles. The highest BCUT2D eigenvalue weighted by molar-refractivity contribution is 6.42. The lowest BCUT2D eigenvalue weighted by molar-refractivity contribution is -0.134. The summed E-state index contributed by atoms with van der Waals surface area (Å²) in [6.45, 7) is 2.10. The van der Waals surface area contributed by atoms with E-state index in [0.29, 0.717) is 23.1 Å². The molecule has 3 rings (SSSR count). The van der Waals surface area contributed by atoms with Crippen LogP contribution in [0, 0.1) is 0 Å². The lowest BCUT2D eigenvalue weighted by Crippen LogP contribution is -2.43. The lowest BCUT2D eigenvalue weighted by atomic mass is 10.0. The summed E-state index contributed by atoms with van der Waals surface area (Å²) >= 11 is 12.1. The number of benzene rings is 2. The van der Waals surface area contributed by atoms with E-state index in [1.165, 1.54) is 0 Å². The third-order valence-electron chi connectivity index (χ3n) is 5.24. The number of rotatable bonds is 8. The molecule has 0 spiro atoms. The third kappa shape index (κ3) is 5.93. The minimum Gasteiger partial charge on any atom is -0.395 e. The van der Waals surface area contributed by atoms with Gasteiger partial charge in [-0.1, -0.05) is 59.6 Å². The Morgan fingerprint density at radius 2 is 1.93 bits per heavy atom. The number of likely N-dealkylation sites (tertiary alicyclic amines) is 1. The molecule has 1 saturated heterocycles. The molecule has 0 unspecified atom stereocenters. The number of carbonyl (C=O) groups excluding carboxylic acids is 1. The average molecular weight is 437 g/mol. The first-order valence-electron chi connectivity index (χ1n) is 9.77. The Bertz CT molecular complexity index is 819. The Labute approximate surface area is 181 Å². The van der Waals surface area contributed by atoms with Gasteiger partial charge in [-0.3, -0.25) is 9.69 Å². The minimum absolute atomic E-state index is 0.0916. The van der Waals surface area contributed by atoms with E-state index in [9.17, 15) is 15.0 Å². The van der Waals surface area contributed by atoms with Gasteiger partial charge in [-0.05, 0) is 29.7 Å². The maximum absolute atomic E-state index is 13.2. The van der Waals surface area contributed by atoms with Crippen LogP contribution in [0.3, 0.4) is 0 Å². The van der Waals surface area contributed by atoms with E-state index < -0.39 is 0 Å². The van der Waals surface area contributed by atoms with Crippen LogP contribution < -0.4 is 0 Å². The molecule has 2 aromatic rings. The molecule has 0 radical (unpaired) electrons. The van der Waals surface area contributed by atoms with Gasteiger partial charge >= 0.3 is 0 Å². The van der Waals surface area contributed by atoms with Gasteiger partial charge in [0.1, 0.15) is 0 Å². The summed E-state index contributed by atoms with van der Waals surface area (Å²) in [5.41, 5.74) is 1.78. The third-order valence-corrected chi connectivity index (χ3v) is 5.98. The quantitative estimate of drug-likeness (QED) is 0.666. The smallest absolute Gasteiger partial charge is 0.227 e. The van der Waals surface area contributed by atoms with Crippen molar-refractivity contribution in [1.82, 2.24) is 9.80 Å². The van der Waals surface area contributed by atoms with E-state index >= 15 is 0 Å². The van der Waals surface area contributed by atoms with Crippen LogP contribution in [0.2, 0.25) is 10.0 Å². The van der Waals surface area contributed by atoms with Crippen molar-refractivity contribution in [3.8, 4) is 0 Å². The van der Waals surface area contributed by atoms with Crippen LogP contribution in [-0.2, 0) is 11.2 Å². The molecule has 0 bridgehead atoms. The van der Waals surface area contributed by atoms with E-state index in [1.807, 2.05) is 30.3 Å². The molecule has 29 heavy (non-hydrogen) atoms. The zero-order valence-electron chi connectivity index (χ0n) is 16.2. The fraction of sp³-hybridized carbons (Fsp3) is 0.409. The summed E-state index contributed by atoms with van der Waals surface area (Å²) in [7, 11) is 0. The first-order chi connectivity index (χ1) is 14.0. The van der Waals surface area contributed by atoms with Crippen molar-refractivity contribution in [2.45, 2.75) is 25.0 Å². The summed E-state index contributed by atoms with van der Waals surface area (Å²) in [6, 6.07) is 14.8. The van der Waals surface area contributed by atoms with Crippen LogP contribution in [0.25, 0.3) is 0 Å². The highest BCUT2D eigenvalue weighted by Gasteiger charge is 2.29. The van der Waals surface area contributed by atoms with Crippen molar-refractivity contribution in [3.05, 3.63) is 69.7 Å². The molecule has 0 aromatic heterocycles. The van der Waals surface area contributed by atoms with Crippen molar-refractivity contribution in [3.63, 3.8) is 0 Å². The number of carbonyl (C=O) groups is 1. The number of aliphatic hydroxyl groups is 2. The molecule has 156 valence electrons. The molecule has 2 aromatic carbocycles. The molecule has 2 N–H and O–H groups in total. The highest BCUT2D eigenvalue weighted by atomic mass is 35.5. The highest BCUT2D eigenvalue weighted by Crippen LogP contribution is 2.26. The molecule has 2 atom stereocenters. The molecule has 1 fully saturated rings. The van der Waals surface area contributed by atoms with Gasteiger partial charge in [0.25, 0.3) is 0 Å².